The summed E-state index contributed by atoms with van der Waals surface area (Å²) in [5.74, 6) is -1.47. The molecule has 2 saturated heterocycles. The van der Waals surface area contributed by atoms with E-state index in [0.29, 0.717) is 57.7 Å². The second kappa shape index (κ2) is 15.1. The van der Waals surface area contributed by atoms with Crippen LogP contribution in [0.25, 0.3) is 0 Å². The number of likely N-dealkylation sites (tertiary alicyclic amines) is 2. The predicted octanol–water partition coefficient (Wildman–Crippen LogP) is 7.33. The maximum atomic E-state index is 14.3. The number of nitrogens with one attached hydrogen (secondary N) is 1. The van der Waals surface area contributed by atoms with E-state index in [9.17, 15) is 45.4 Å². The average Bonchev–Trinajstić information content (AvgIpc) is 3.43. The molecule has 3 aliphatic rings. The minimum Gasteiger partial charge on any atom is -0.480 e. The minimum absolute atomic E-state index is 0.00437. The third-order valence-electron chi connectivity index (χ3n) is 10.3. The van der Waals surface area contributed by atoms with Crippen molar-refractivity contribution in [2.75, 3.05) is 32.7 Å². The lowest BCUT2D eigenvalue weighted by Gasteiger charge is -2.35. The van der Waals surface area contributed by atoms with E-state index in [-0.39, 0.29) is 47.5 Å². The number of piperidine rings is 1. The van der Waals surface area contributed by atoms with Crippen LogP contribution in [0.1, 0.15) is 79.5 Å². The molecule has 0 spiro atoms. The summed E-state index contributed by atoms with van der Waals surface area (Å²) in [5, 5.41) is 12.7. The molecule has 0 aromatic heterocycles. The molecule has 3 atom stereocenters. The van der Waals surface area contributed by atoms with E-state index in [4.69, 9.17) is 0 Å². The summed E-state index contributed by atoms with van der Waals surface area (Å²) in [6.45, 7) is 2.71. The van der Waals surface area contributed by atoms with Crippen molar-refractivity contribution in [1.82, 2.24) is 15.1 Å². The highest BCUT2D eigenvalue weighted by Crippen LogP contribution is 2.39. The van der Waals surface area contributed by atoms with Gasteiger partial charge in [-0.2, -0.15) is 26.3 Å². The van der Waals surface area contributed by atoms with E-state index in [1.807, 2.05) is 6.07 Å². The minimum atomic E-state index is -4.96. The summed E-state index contributed by atoms with van der Waals surface area (Å²) in [6, 6.07) is 7.22. The predicted molar refractivity (Wildman–Crippen MR) is 164 cm³/mol. The SMILES string of the molecule is O=C(CC1CCN(CC2CN(C(C(=O)O)C3CCCCC3)CC2c2cccc(F)c2)CC1)NCc1cc(C(F)(F)F)cc(C(F)(F)F)c1. The smallest absolute Gasteiger partial charge is 0.416 e. The molecule has 2 N–H and O–H groups in total. The van der Waals surface area contributed by atoms with Crippen LogP contribution in [-0.2, 0) is 28.5 Å². The Morgan fingerprint density at radius 3 is 2.10 bits per heavy atom. The normalized spacial score (nSPS) is 22.9. The number of rotatable bonds is 10. The Hall–Kier alpha value is -3.19. The zero-order valence-electron chi connectivity index (χ0n) is 26.6. The van der Waals surface area contributed by atoms with Gasteiger partial charge in [-0.3, -0.25) is 14.5 Å². The van der Waals surface area contributed by atoms with E-state index in [0.717, 1.165) is 37.7 Å². The molecule has 2 heterocycles. The number of carbonyl (C=O) groups is 2. The molecule has 2 aliphatic heterocycles. The molecule has 3 fully saturated rings. The monoisotopic (exact) mass is 685 g/mol. The van der Waals surface area contributed by atoms with Gasteiger partial charge in [0, 0.05) is 38.5 Å². The highest BCUT2D eigenvalue weighted by Gasteiger charge is 2.43. The van der Waals surface area contributed by atoms with Crippen LogP contribution in [0.2, 0.25) is 0 Å². The first-order valence-corrected chi connectivity index (χ1v) is 16.7. The van der Waals surface area contributed by atoms with Gasteiger partial charge < -0.3 is 15.3 Å². The molecule has 13 heteroatoms. The van der Waals surface area contributed by atoms with E-state index < -0.39 is 47.9 Å². The Morgan fingerprint density at radius 2 is 1.52 bits per heavy atom. The topological polar surface area (TPSA) is 72.9 Å². The quantitative estimate of drug-likeness (QED) is 0.257. The van der Waals surface area contributed by atoms with E-state index in [2.05, 4.69) is 15.1 Å². The third-order valence-corrected chi connectivity index (χ3v) is 10.3. The van der Waals surface area contributed by atoms with Crippen molar-refractivity contribution in [3.8, 4) is 0 Å². The van der Waals surface area contributed by atoms with Crippen LogP contribution in [0.15, 0.2) is 42.5 Å². The molecule has 5 rings (SSSR count). The van der Waals surface area contributed by atoms with Crippen LogP contribution < -0.4 is 5.32 Å². The molecule has 6 nitrogen and oxygen atoms in total. The number of alkyl halides is 6. The summed E-state index contributed by atoms with van der Waals surface area (Å²) in [7, 11) is 0. The second-order valence-corrected chi connectivity index (χ2v) is 13.7. The molecular weight excluding hydrogens is 643 g/mol. The van der Waals surface area contributed by atoms with Gasteiger partial charge in [0.2, 0.25) is 5.91 Å². The Labute approximate surface area is 275 Å². The van der Waals surface area contributed by atoms with Crippen LogP contribution in [0, 0.1) is 23.6 Å². The Morgan fingerprint density at radius 1 is 0.875 bits per heavy atom. The number of nitrogens with zero attached hydrogens (tertiary/aromatic N) is 2. The lowest BCUT2D eigenvalue weighted by atomic mass is 9.83. The van der Waals surface area contributed by atoms with Gasteiger partial charge in [-0.25, -0.2) is 4.39 Å². The molecular formula is C35H42F7N3O3. The fourth-order valence-corrected chi connectivity index (χ4v) is 7.90. The van der Waals surface area contributed by atoms with Crippen LogP contribution in [0.4, 0.5) is 30.7 Å². The number of carboxylic acids is 1. The van der Waals surface area contributed by atoms with Gasteiger partial charge in [-0.1, -0.05) is 31.4 Å². The number of benzene rings is 2. The highest BCUT2D eigenvalue weighted by molar-refractivity contribution is 5.76. The molecule has 48 heavy (non-hydrogen) atoms. The number of carboxylic acid groups (broad SMARTS) is 1. The van der Waals surface area contributed by atoms with Gasteiger partial charge in [0.15, 0.2) is 0 Å². The van der Waals surface area contributed by atoms with Gasteiger partial charge >= 0.3 is 18.3 Å². The van der Waals surface area contributed by atoms with Crippen LogP contribution in [0.3, 0.4) is 0 Å². The lowest BCUT2D eigenvalue weighted by Crippen LogP contribution is -2.46. The maximum Gasteiger partial charge on any atom is 0.416 e. The van der Waals surface area contributed by atoms with Gasteiger partial charge in [-0.05, 0) is 98.0 Å². The Kier molecular flexibility index (Phi) is 11.4. The Bertz CT molecular complexity index is 1390. The molecule has 1 saturated carbocycles. The maximum absolute atomic E-state index is 14.3. The summed E-state index contributed by atoms with van der Waals surface area (Å²) in [4.78, 5) is 29.5. The second-order valence-electron chi connectivity index (χ2n) is 13.7. The largest absolute Gasteiger partial charge is 0.480 e. The molecule has 0 radical (unpaired) electrons. The molecule has 3 unspecified atom stereocenters. The summed E-state index contributed by atoms with van der Waals surface area (Å²) in [5.41, 5.74) is -2.28. The Balaban J connectivity index is 1.17. The molecule has 264 valence electrons. The number of hydrogen-bond donors (Lipinski definition) is 2. The lowest BCUT2D eigenvalue weighted by molar-refractivity contribution is -0.146. The van der Waals surface area contributed by atoms with Crippen LogP contribution in [0.5, 0.6) is 0 Å². The van der Waals surface area contributed by atoms with Gasteiger partial charge in [0.1, 0.15) is 11.9 Å². The summed E-state index contributed by atoms with van der Waals surface area (Å²) in [6.07, 6.45) is -3.53. The van der Waals surface area contributed by atoms with Crippen LogP contribution >= 0.6 is 0 Å². The van der Waals surface area contributed by atoms with Crippen molar-refractivity contribution in [1.29, 1.82) is 0 Å². The molecule has 1 aliphatic carbocycles. The first-order valence-electron chi connectivity index (χ1n) is 16.7. The number of hydrogen-bond acceptors (Lipinski definition) is 4. The van der Waals surface area contributed by atoms with Crippen molar-refractivity contribution < 1.29 is 45.4 Å². The zero-order valence-corrected chi connectivity index (χ0v) is 26.6. The van der Waals surface area contributed by atoms with Crippen molar-refractivity contribution >= 4 is 11.9 Å². The first-order chi connectivity index (χ1) is 22.7. The standard InChI is InChI=1S/C35H42F7N3O3/c36-29-8-4-7-25(16-29)30-21-45(32(33(47)48)24-5-2-1-3-6-24)20-26(30)19-44-11-9-22(10-12-44)15-31(46)43-18-23-13-27(34(37,38)39)17-28(14-23)35(40,41)42/h4,7-8,13-14,16-17,22,24,26,30,32H,1-3,5-6,9-12,15,18-21H2,(H,43,46)(H,47,48). The van der Waals surface area contributed by atoms with E-state index in [1.165, 1.54) is 12.1 Å². The van der Waals surface area contributed by atoms with Crippen molar-refractivity contribution in [3.63, 3.8) is 0 Å². The van der Waals surface area contributed by atoms with Gasteiger partial charge in [-0.15, -0.1) is 0 Å². The van der Waals surface area contributed by atoms with Crippen molar-refractivity contribution in [3.05, 3.63) is 70.5 Å². The van der Waals surface area contributed by atoms with Gasteiger partial charge in [0.25, 0.3) is 0 Å². The van der Waals surface area contributed by atoms with Crippen molar-refractivity contribution in [2.24, 2.45) is 17.8 Å². The van der Waals surface area contributed by atoms with E-state index >= 15 is 0 Å². The number of carbonyl (C=O) groups excluding carboxylic acids is 1. The zero-order chi connectivity index (χ0) is 34.6. The number of halogens is 7. The fourth-order valence-electron chi connectivity index (χ4n) is 7.90. The van der Waals surface area contributed by atoms with Crippen molar-refractivity contribution in [2.45, 2.75) is 82.2 Å². The summed E-state index contributed by atoms with van der Waals surface area (Å²) >= 11 is 0. The number of aliphatic carboxylic acids is 1. The van der Waals surface area contributed by atoms with Crippen LogP contribution in [-0.4, -0.2) is 65.5 Å². The number of amides is 1. The molecule has 2 aromatic rings. The van der Waals surface area contributed by atoms with E-state index in [1.54, 1.807) is 6.07 Å². The molecule has 2 aromatic carbocycles. The van der Waals surface area contributed by atoms with Gasteiger partial charge in [0.05, 0.1) is 11.1 Å². The summed E-state index contributed by atoms with van der Waals surface area (Å²) < 4.78 is 93.4. The average molecular weight is 686 g/mol. The fraction of sp³-hybridized carbons (Fsp3) is 0.600. The highest BCUT2D eigenvalue weighted by atomic mass is 19.4. The molecule has 1 amide bonds. The molecule has 0 bridgehead atoms. The third kappa shape index (κ3) is 9.28. The first kappa shape index (κ1) is 36.1.